The Balaban J connectivity index is 2.25. The molecule has 0 amide bonds. The van der Waals surface area contributed by atoms with Crippen molar-refractivity contribution in [2.45, 2.75) is 24.2 Å². The van der Waals surface area contributed by atoms with Crippen LogP contribution in [0.15, 0.2) is 30.3 Å². The molecule has 1 aromatic rings. The SMILES string of the molecule is OCC(O)C(O)(CC1CO1)c1ccccc1. The minimum absolute atomic E-state index is 0.0218. The van der Waals surface area contributed by atoms with Crippen LogP contribution in [0.25, 0.3) is 0 Å². The number of rotatable bonds is 5. The van der Waals surface area contributed by atoms with Crippen LogP contribution < -0.4 is 0 Å². The maximum absolute atomic E-state index is 10.5. The standard InChI is InChI=1S/C12H16O4/c13-7-11(14)12(15,6-10-8-16-10)9-4-2-1-3-5-9/h1-5,10-11,13-15H,6-8H2. The Hall–Kier alpha value is -0.940. The van der Waals surface area contributed by atoms with Gasteiger partial charge >= 0.3 is 0 Å². The van der Waals surface area contributed by atoms with Gasteiger partial charge in [0.2, 0.25) is 0 Å². The summed E-state index contributed by atoms with van der Waals surface area (Å²) in [5, 5.41) is 29.2. The molecule has 0 saturated carbocycles. The molecule has 1 saturated heterocycles. The van der Waals surface area contributed by atoms with Crippen LogP contribution in [-0.4, -0.2) is 40.7 Å². The second-order valence-corrected chi connectivity index (χ2v) is 4.15. The van der Waals surface area contributed by atoms with Crippen LogP contribution >= 0.6 is 0 Å². The van der Waals surface area contributed by atoms with Crippen molar-refractivity contribution in [2.24, 2.45) is 0 Å². The van der Waals surface area contributed by atoms with Gasteiger partial charge < -0.3 is 20.1 Å². The minimum Gasteiger partial charge on any atom is -0.394 e. The van der Waals surface area contributed by atoms with Gasteiger partial charge in [0.1, 0.15) is 11.7 Å². The molecule has 1 aliphatic heterocycles. The summed E-state index contributed by atoms with van der Waals surface area (Å²) >= 11 is 0. The van der Waals surface area contributed by atoms with Crippen molar-refractivity contribution in [1.29, 1.82) is 0 Å². The van der Waals surface area contributed by atoms with Crippen LogP contribution in [0.2, 0.25) is 0 Å². The van der Waals surface area contributed by atoms with Gasteiger partial charge in [-0.1, -0.05) is 30.3 Å². The number of epoxide rings is 1. The number of ether oxygens (including phenoxy) is 1. The lowest BCUT2D eigenvalue weighted by Gasteiger charge is -2.32. The second kappa shape index (κ2) is 4.51. The summed E-state index contributed by atoms with van der Waals surface area (Å²) in [4.78, 5) is 0. The average molecular weight is 224 g/mol. The van der Waals surface area contributed by atoms with Gasteiger partial charge in [-0.15, -0.1) is 0 Å². The molecule has 2 rings (SSSR count). The van der Waals surface area contributed by atoms with E-state index in [0.717, 1.165) is 0 Å². The van der Waals surface area contributed by atoms with Gasteiger partial charge in [-0.05, 0) is 5.56 Å². The lowest BCUT2D eigenvalue weighted by molar-refractivity contribution is -0.108. The van der Waals surface area contributed by atoms with Gasteiger partial charge in [0.15, 0.2) is 0 Å². The van der Waals surface area contributed by atoms with E-state index >= 15 is 0 Å². The highest BCUT2D eigenvalue weighted by atomic mass is 16.6. The van der Waals surface area contributed by atoms with E-state index in [0.29, 0.717) is 18.6 Å². The highest BCUT2D eigenvalue weighted by Crippen LogP contribution is 2.34. The second-order valence-electron chi connectivity index (χ2n) is 4.15. The molecule has 0 aliphatic carbocycles. The summed E-state index contributed by atoms with van der Waals surface area (Å²) in [7, 11) is 0. The quantitative estimate of drug-likeness (QED) is 0.616. The van der Waals surface area contributed by atoms with Crippen LogP contribution in [-0.2, 0) is 10.3 Å². The Kier molecular flexibility index (Phi) is 3.25. The zero-order valence-electron chi connectivity index (χ0n) is 8.91. The van der Waals surface area contributed by atoms with E-state index in [1.54, 1.807) is 24.3 Å². The van der Waals surface area contributed by atoms with E-state index < -0.39 is 18.3 Å². The Labute approximate surface area is 94.1 Å². The van der Waals surface area contributed by atoms with Crippen molar-refractivity contribution in [1.82, 2.24) is 0 Å². The summed E-state index contributed by atoms with van der Waals surface area (Å²) in [6.07, 6.45) is -0.913. The van der Waals surface area contributed by atoms with Crippen LogP contribution in [0.3, 0.4) is 0 Å². The first kappa shape index (κ1) is 11.5. The fourth-order valence-electron chi connectivity index (χ4n) is 1.86. The lowest BCUT2D eigenvalue weighted by atomic mass is 9.84. The summed E-state index contributed by atoms with van der Waals surface area (Å²) in [5.74, 6) is 0. The van der Waals surface area contributed by atoms with Gasteiger partial charge in [-0.3, -0.25) is 0 Å². The van der Waals surface area contributed by atoms with E-state index in [9.17, 15) is 10.2 Å². The molecule has 1 fully saturated rings. The van der Waals surface area contributed by atoms with Gasteiger partial charge in [0.25, 0.3) is 0 Å². The third-order valence-corrected chi connectivity index (χ3v) is 2.94. The highest BCUT2D eigenvalue weighted by molar-refractivity contribution is 5.24. The Morgan fingerprint density at radius 2 is 2.00 bits per heavy atom. The minimum atomic E-state index is -1.43. The average Bonchev–Trinajstić information content (AvgIpc) is 3.12. The van der Waals surface area contributed by atoms with E-state index in [1.807, 2.05) is 6.07 Å². The lowest BCUT2D eigenvalue weighted by Crippen LogP contribution is -2.43. The number of hydrogen-bond acceptors (Lipinski definition) is 4. The molecule has 1 aliphatic rings. The number of aliphatic hydroxyl groups excluding tert-OH is 2. The summed E-state index contributed by atoms with van der Waals surface area (Å²) < 4.78 is 5.07. The zero-order valence-corrected chi connectivity index (χ0v) is 8.91. The van der Waals surface area contributed by atoms with Gasteiger partial charge in [0, 0.05) is 6.42 Å². The molecule has 3 N–H and O–H groups in total. The Bertz CT molecular complexity index is 336. The molecular weight excluding hydrogens is 208 g/mol. The Morgan fingerprint density at radius 3 is 2.50 bits per heavy atom. The third kappa shape index (κ3) is 2.25. The molecule has 3 atom stereocenters. The highest BCUT2D eigenvalue weighted by Gasteiger charge is 2.42. The molecule has 0 aromatic heterocycles. The fourth-order valence-corrected chi connectivity index (χ4v) is 1.86. The smallest absolute Gasteiger partial charge is 0.120 e. The first-order valence-corrected chi connectivity index (χ1v) is 5.35. The van der Waals surface area contributed by atoms with Gasteiger partial charge in [-0.2, -0.15) is 0 Å². The molecular formula is C12H16O4. The number of hydrogen-bond donors (Lipinski definition) is 3. The predicted molar refractivity (Wildman–Crippen MR) is 57.8 cm³/mol. The monoisotopic (exact) mass is 224 g/mol. The van der Waals surface area contributed by atoms with Crippen LogP contribution in [0.5, 0.6) is 0 Å². The van der Waals surface area contributed by atoms with Crippen molar-refractivity contribution in [3.8, 4) is 0 Å². The molecule has 0 radical (unpaired) electrons. The number of benzene rings is 1. The van der Waals surface area contributed by atoms with Crippen LogP contribution in [0, 0.1) is 0 Å². The normalized spacial score (nSPS) is 24.8. The Morgan fingerprint density at radius 1 is 1.38 bits per heavy atom. The topological polar surface area (TPSA) is 73.2 Å². The first-order valence-electron chi connectivity index (χ1n) is 5.35. The van der Waals surface area contributed by atoms with Crippen LogP contribution in [0.1, 0.15) is 12.0 Å². The molecule has 3 unspecified atom stereocenters. The molecule has 4 heteroatoms. The summed E-state index contributed by atoms with van der Waals surface area (Å²) in [6, 6.07) is 8.89. The molecule has 16 heavy (non-hydrogen) atoms. The van der Waals surface area contributed by atoms with Crippen molar-refractivity contribution in [2.75, 3.05) is 13.2 Å². The molecule has 1 aromatic carbocycles. The maximum atomic E-state index is 10.5. The van der Waals surface area contributed by atoms with E-state index in [-0.39, 0.29) is 6.10 Å². The van der Waals surface area contributed by atoms with Crippen molar-refractivity contribution < 1.29 is 20.1 Å². The fraction of sp³-hybridized carbons (Fsp3) is 0.500. The predicted octanol–water partition coefficient (Wildman–Crippen LogP) is 0.0163. The van der Waals surface area contributed by atoms with E-state index in [2.05, 4.69) is 0 Å². The van der Waals surface area contributed by atoms with Crippen molar-refractivity contribution in [3.63, 3.8) is 0 Å². The first-order chi connectivity index (χ1) is 7.66. The molecule has 0 spiro atoms. The summed E-state index contributed by atoms with van der Waals surface area (Å²) in [6.45, 7) is 0.130. The molecule has 4 nitrogen and oxygen atoms in total. The molecule has 88 valence electrons. The van der Waals surface area contributed by atoms with E-state index in [4.69, 9.17) is 9.84 Å². The zero-order chi connectivity index (χ0) is 11.6. The summed E-state index contributed by atoms with van der Waals surface area (Å²) in [5.41, 5.74) is -0.830. The van der Waals surface area contributed by atoms with E-state index in [1.165, 1.54) is 0 Å². The number of aliphatic hydroxyl groups is 3. The van der Waals surface area contributed by atoms with Gasteiger partial charge in [-0.25, -0.2) is 0 Å². The van der Waals surface area contributed by atoms with Crippen molar-refractivity contribution in [3.05, 3.63) is 35.9 Å². The van der Waals surface area contributed by atoms with Crippen molar-refractivity contribution >= 4 is 0 Å². The molecule has 1 heterocycles. The maximum Gasteiger partial charge on any atom is 0.120 e. The largest absolute Gasteiger partial charge is 0.394 e. The molecule has 0 bridgehead atoms. The van der Waals surface area contributed by atoms with Crippen LogP contribution in [0.4, 0.5) is 0 Å². The third-order valence-electron chi connectivity index (χ3n) is 2.94. The van der Waals surface area contributed by atoms with Gasteiger partial charge in [0.05, 0.1) is 19.3 Å².